The molecule has 7 aromatic carbocycles. The smallest absolute Gasteiger partial charge is 0.135 e. The molecule has 0 amide bonds. The Labute approximate surface area is 319 Å². The van der Waals surface area contributed by atoms with E-state index in [1.807, 2.05) is 0 Å². The predicted molar refractivity (Wildman–Crippen MR) is 226 cm³/mol. The Morgan fingerprint density at radius 1 is 0.509 bits per heavy atom. The predicted octanol–water partition coefficient (Wildman–Crippen LogP) is 13.8. The van der Waals surface area contributed by atoms with Crippen LogP contribution in [0.3, 0.4) is 0 Å². The molecule has 14 rings (SSSR count). The maximum atomic E-state index is 6.35. The van der Waals surface area contributed by atoms with Crippen molar-refractivity contribution in [3.63, 3.8) is 0 Å². The Balaban J connectivity index is 1.06. The average molecular weight is 707 g/mol. The van der Waals surface area contributed by atoms with Gasteiger partial charge >= 0.3 is 0 Å². The van der Waals surface area contributed by atoms with E-state index in [1.165, 1.54) is 70.0 Å². The van der Waals surface area contributed by atoms with Gasteiger partial charge in [-0.05, 0) is 138 Å². The number of furan rings is 1. The number of hydrogen-bond acceptors (Lipinski definition) is 2. The standard InChI is InChI=1S/C52H38N2O/c1-2-10-36(11-3-1)54-48-16-8-5-13-42(48)44-29-37(19-22-49(44)54)53(38-20-23-51-45(30-38)43-14-6-9-17-50(43)55-51)39-18-21-41-40-12-4-7-15-46(40)52(47(41)31-39)34-25-32-24-33(27-34)28-35(52)26-32/h1-24,29-32,34-35H,25-28H2. The van der Waals surface area contributed by atoms with Gasteiger partial charge in [0.15, 0.2) is 0 Å². The van der Waals surface area contributed by atoms with Gasteiger partial charge < -0.3 is 13.9 Å². The fraction of sp³-hybridized carbons (Fsp3) is 0.154. The van der Waals surface area contributed by atoms with E-state index in [1.54, 1.807) is 16.7 Å². The molecule has 3 heteroatoms. The molecule has 2 atom stereocenters. The molecule has 262 valence electrons. The van der Waals surface area contributed by atoms with Crippen molar-refractivity contribution in [3.05, 3.63) is 181 Å². The van der Waals surface area contributed by atoms with Crippen molar-refractivity contribution in [2.24, 2.45) is 17.8 Å². The van der Waals surface area contributed by atoms with E-state index in [4.69, 9.17) is 4.42 Å². The van der Waals surface area contributed by atoms with E-state index in [2.05, 4.69) is 173 Å². The third-order valence-corrected chi connectivity index (χ3v) is 13.9. The first-order valence-corrected chi connectivity index (χ1v) is 20.0. The summed E-state index contributed by atoms with van der Waals surface area (Å²) in [6, 6.07) is 58.6. The van der Waals surface area contributed by atoms with Crippen LogP contribution in [0.4, 0.5) is 17.1 Å². The molecule has 2 unspecified atom stereocenters. The van der Waals surface area contributed by atoms with Crippen LogP contribution in [-0.4, -0.2) is 4.57 Å². The van der Waals surface area contributed by atoms with E-state index >= 15 is 0 Å². The highest BCUT2D eigenvalue weighted by Crippen LogP contribution is 2.68. The van der Waals surface area contributed by atoms with Crippen molar-refractivity contribution < 1.29 is 4.42 Å². The molecule has 0 aliphatic heterocycles. The molecule has 5 aliphatic carbocycles. The van der Waals surface area contributed by atoms with E-state index < -0.39 is 0 Å². The van der Waals surface area contributed by atoms with Crippen LogP contribution >= 0.6 is 0 Å². The van der Waals surface area contributed by atoms with Crippen LogP contribution in [0.5, 0.6) is 0 Å². The minimum absolute atomic E-state index is 0.0552. The first-order valence-electron chi connectivity index (χ1n) is 20.0. The Morgan fingerprint density at radius 3 is 2.00 bits per heavy atom. The monoisotopic (exact) mass is 706 g/mol. The van der Waals surface area contributed by atoms with Gasteiger partial charge in [-0.25, -0.2) is 0 Å². The van der Waals surface area contributed by atoms with Crippen LogP contribution in [0, 0.1) is 17.8 Å². The molecule has 9 aromatic rings. The van der Waals surface area contributed by atoms with Crippen LogP contribution in [0.2, 0.25) is 0 Å². The van der Waals surface area contributed by atoms with E-state index in [-0.39, 0.29) is 5.41 Å². The zero-order chi connectivity index (χ0) is 35.8. The zero-order valence-corrected chi connectivity index (χ0v) is 30.5. The summed E-state index contributed by atoms with van der Waals surface area (Å²) in [7, 11) is 0. The molecule has 4 bridgehead atoms. The maximum Gasteiger partial charge on any atom is 0.135 e. The highest BCUT2D eigenvalue weighted by molar-refractivity contribution is 6.11. The Kier molecular flexibility index (Phi) is 5.95. The SMILES string of the molecule is C1=C2CC3CC1CC(C2)C31c2ccccc2-c2ccc(N(c3ccc4oc5ccccc5c4c3)c3ccc4c(c3)c3ccccc3n4-c3ccccc3)cc21. The van der Waals surface area contributed by atoms with Gasteiger partial charge in [0.1, 0.15) is 11.2 Å². The van der Waals surface area contributed by atoms with E-state index in [9.17, 15) is 0 Å². The summed E-state index contributed by atoms with van der Waals surface area (Å²) in [5.74, 6) is 2.03. The van der Waals surface area contributed by atoms with Crippen molar-refractivity contribution >= 4 is 60.8 Å². The molecule has 5 aliphatic rings. The number of allylic oxidation sites excluding steroid dienone is 2. The minimum Gasteiger partial charge on any atom is -0.456 e. The summed E-state index contributed by atoms with van der Waals surface area (Å²) in [6.07, 6.45) is 7.71. The lowest BCUT2D eigenvalue weighted by molar-refractivity contribution is 0.0735. The molecule has 0 radical (unpaired) electrons. The molecule has 0 N–H and O–H groups in total. The third kappa shape index (κ3) is 4.00. The lowest BCUT2D eigenvalue weighted by atomic mass is 9.46. The summed E-state index contributed by atoms with van der Waals surface area (Å²) in [5.41, 5.74) is 16.7. The number of rotatable bonds is 4. The number of aromatic nitrogens is 1. The zero-order valence-electron chi connectivity index (χ0n) is 30.5. The summed E-state index contributed by atoms with van der Waals surface area (Å²) in [6.45, 7) is 0. The lowest BCUT2D eigenvalue weighted by Gasteiger charge is -2.58. The summed E-state index contributed by atoms with van der Waals surface area (Å²) in [4.78, 5) is 2.50. The summed E-state index contributed by atoms with van der Waals surface area (Å²) < 4.78 is 8.75. The number of hydrogen-bond donors (Lipinski definition) is 0. The van der Waals surface area contributed by atoms with Gasteiger partial charge in [-0.2, -0.15) is 0 Å². The second-order valence-corrected chi connectivity index (χ2v) is 16.5. The number of benzene rings is 7. The molecule has 55 heavy (non-hydrogen) atoms. The van der Waals surface area contributed by atoms with Gasteiger partial charge in [-0.15, -0.1) is 0 Å². The molecular weight excluding hydrogens is 669 g/mol. The first-order chi connectivity index (χ1) is 27.2. The molecule has 2 aromatic heterocycles. The van der Waals surface area contributed by atoms with Gasteiger partial charge in [0.2, 0.25) is 0 Å². The summed E-state index contributed by atoms with van der Waals surface area (Å²) >= 11 is 0. The highest BCUT2D eigenvalue weighted by Gasteiger charge is 2.59. The van der Waals surface area contributed by atoms with Gasteiger partial charge in [0, 0.05) is 49.7 Å². The number of para-hydroxylation sites is 3. The normalized spacial score (nSPS) is 21.9. The van der Waals surface area contributed by atoms with E-state index in [0.717, 1.165) is 39.2 Å². The van der Waals surface area contributed by atoms with Crippen molar-refractivity contribution in [3.8, 4) is 16.8 Å². The van der Waals surface area contributed by atoms with Gasteiger partial charge in [0.25, 0.3) is 0 Å². The second kappa shape index (κ2) is 10.9. The molecule has 2 saturated carbocycles. The Morgan fingerprint density at radius 2 is 1.15 bits per heavy atom. The molecule has 1 spiro atoms. The number of fused-ring (bicyclic) bond motifs is 9. The molecular formula is C52H38N2O. The van der Waals surface area contributed by atoms with Crippen LogP contribution in [-0.2, 0) is 5.41 Å². The quantitative estimate of drug-likeness (QED) is 0.170. The number of anilines is 3. The lowest BCUT2D eigenvalue weighted by Crippen LogP contribution is -2.52. The van der Waals surface area contributed by atoms with Gasteiger partial charge in [-0.3, -0.25) is 0 Å². The van der Waals surface area contributed by atoms with Gasteiger partial charge in [0.05, 0.1) is 11.0 Å². The summed E-state index contributed by atoms with van der Waals surface area (Å²) in [5, 5.41) is 4.79. The van der Waals surface area contributed by atoms with Crippen LogP contribution < -0.4 is 4.90 Å². The molecule has 3 nitrogen and oxygen atoms in total. The fourth-order valence-corrected chi connectivity index (χ4v) is 12.0. The first kappa shape index (κ1) is 30.1. The second-order valence-electron chi connectivity index (χ2n) is 16.5. The van der Waals surface area contributed by atoms with Crippen molar-refractivity contribution in [1.82, 2.24) is 4.57 Å². The van der Waals surface area contributed by atoms with E-state index in [0.29, 0.717) is 11.8 Å². The molecule has 2 heterocycles. The average Bonchev–Trinajstić information content (AvgIpc) is 3.86. The van der Waals surface area contributed by atoms with Crippen molar-refractivity contribution in [2.75, 3.05) is 4.90 Å². The van der Waals surface area contributed by atoms with Gasteiger partial charge in [-0.1, -0.05) is 96.6 Å². The minimum atomic E-state index is 0.0552. The fourth-order valence-electron chi connectivity index (χ4n) is 12.0. The Bertz CT molecular complexity index is 3070. The largest absolute Gasteiger partial charge is 0.456 e. The van der Waals surface area contributed by atoms with Crippen LogP contribution in [0.25, 0.3) is 60.6 Å². The number of nitrogens with zero attached hydrogens (tertiary/aromatic N) is 2. The third-order valence-electron chi connectivity index (χ3n) is 13.9. The molecule has 0 saturated heterocycles. The topological polar surface area (TPSA) is 21.3 Å². The molecule has 2 fully saturated rings. The van der Waals surface area contributed by atoms with Crippen molar-refractivity contribution in [2.45, 2.75) is 31.1 Å². The maximum absolute atomic E-state index is 6.35. The van der Waals surface area contributed by atoms with Crippen LogP contribution in [0.15, 0.2) is 174 Å². The van der Waals surface area contributed by atoms with Crippen LogP contribution in [0.1, 0.15) is 36.8 Å². The van der Waals surface area contributed by atoms with Crippen molar-refractivity contribution in [1.29, 1.82) is 0 Å². The highest BCUT2D eigenvalue weighted by atomic mass is 16.3. The Hall–Kier alpha value is -6.32.